The summed E-state index contributed by atoms with van der Waals surface area (Å²) in [5.41, 5.74) is 0.856. The zero-order chi connectivity index (χ0) is 13.5. The second kappa shape index (κ2) is 6.56. The summed E-state index contributed by atoms with van der Waals surface area (Å²) in [5, 5.41) is 11.7. The van der Waals surface area contributed by atoms with Crippen molar-refractivity contribution in [2.45, 2.75) is 0 Å². The van der Waals surface area contributed by atoms with Gasteiger partial charge in [-0.1, -0.05) is 6.08 Å². The lowest BCUT2D eigenvalue weighted by molar-refractivity contribution is -0.117. The lowest BCUT2D eigenvalue weighted by Crippen LogP contribution is -2.35. The van der Waals surface area contributed by atoms with Crippen molar-refractivity contribution in [2.24, 2.45) is 0 Å². The van der Waals surface area contributed by atoms with Gasteiger partial charge in [-0.15, -0.1) is 6.58 Å². The van der Waals surface area contributed by atoms with E-state index in [4.69, 9.17) is 5.11 Å². The monoisotopic (exact) mass is 248 g/mol. The first-order chi connectivity index (χ1) is 8.56. The fourth-order valence-electron chi connectivity index (χ4n) is 1.37. The molecule has 18 heavy (non-hydrogen) atoms. The van der Waals surface area contributed by atoms with Crippen LogP contribution in [0.1, 0.15) is 10.4 Å². The number of aromatic carboxylic acids is 1. The van der Waals surface area contributed by atoms with Gasteiger partial charge < -0.3 is 15.3 Å². The van der Waals surface area contributed by atoms with E-state index in [0.29, 0.717) is 12.2 Å². The lowest BCUT2D eigenvalue weighted by Gasteiger charge is -2.17. The molecule has 0 spiro atoms. The van der Waals surface area contributed by atoms with E-state index < -0.39 is 5.97 Å². The highest BCUT2D eigenvalue weighted by atomic mass is 16.4. The quantitative estimate of drug-likeness (QED) is 0.584. The van der Waals surface area contributed by atoms with E-state index in [1.54, 1.807) is 25.3 Å². The molecule has 0 radical (unpaired) electrons. The number of likely N-dealkylation sites (N-methyl/N-ethyl adjacent to an activating group) is 1. The number of hydrogen-bond donors (Lipinski definition) is 2. The van der Waals surface area contributed by atoms with Crippen molar-refractivity contribution < 1.29 is 14.7 Å². The normalized spacial score (nSPS) is 9.83. The van der Waals surface area contributed by atoms with Gasteiger partial charge >= 0.3 is 5.97 Å². The maximum Gasteiger partial charge on any atom is 0.335 e. The van der Waals surface area contributed by atoms with E-state index in [-0.39, 0.29) is 18.0 Å². The number of carbonyl (C=O) groups is 2. The molecule has 0 aromatic heterocycles. The Morgan fingerprint density at radius 2 is 2.00 bits per heavy atom. The number of benzene rings is 1. The molecule has 2 N–H and O–H groups in total. The van der Waals surface area contributed by atoms with E-state index in [2.05, 4.69) is 11.9 Å². The molecule has 5 heteroatoms. The van der Waals surface area contributed by atoms with Gasteiger partial charge in [0.1, 0.15) is 0 Å². The Morgan fingerprint density at radius 1 is 1.39 bits per heavy atom. The number of carboxylic acids is 1. The molecule has 0 aliphatic carbocycles. The molecular weight excluding hydrogens is 232 g/mol. The average molecular weight is 248 g/mol. The summed E-state index contributed by atoms with van der Waals surface area (Å²) in [5.74, 6) is -1.08. The third-order valence-electron chi connectivity index (χ3n) is 2.44. The highest BCUT2D eigenvalue weighted by molar-refractivity contribution is 5.95. The molecule has 0 saturated carbocycles. The first kappa shape index (κ1) is 13.9. The molecule has 0 aliphatic rings. The van der Waals surface area contributed by atoms with E-state index in [0.717, 1.165) is 0 Å². The third kappa shape index (κ3) is 3.71. The van der Waals surface area contributed by atoms with Gasteiger partial charge in [-0.3, -0.25) is 4.79 Å². The van der Waals surface area contributed by atoms with Crippen LogP contribution in [0.5, 0.6) is 0 Å². The fourth-order valence-corrected chi connectivity index (χ4v) is 1.37. The number of hydrogen-bond acceptors (Lipinski definition) is 3. The van der Waals surface area contributed by atoms with Gasteiger partial charge in [-0.05, 0) is 24.3 Å². The molecule has 1 amide bonds. The van der Waals surface area contributed by atoms with Crippen LogP contribution in [0.3, 0.4) is 0 Å². The van der Waals surface area contributed by atoms with E-state index in [1.165, 1.54) is 17.0 Å². The number of carbonyl (C=O) groups excluding carboxylic acids is 1. The summed E-state index contributed by atoms with van der Waals surface area (Å²) in [7, 11) is 1.65. The Morgan fingerprint density at radius 3 is 2.50 bits per heavy atom. The molecular formula is C13H16N2O3. The van der Waals surface area contributed by atoms with Crippen molar-refractivity contribution in [3.05, 3.63) is 42.5 Å². The summed E-state index contributed by atoms with van der Waals surface area (Å²) in [4.78, 5) is 23.9. The number of rotatable bonds is 6. The van der Waals surface area contributed by atoms with E-state index in [9.17, 15) is 9.59 Å². The average Bonchev–Trinajstić information content (AvgIpc) is 2.38. The van der Waals surface area contributed by atoms with Crippen molar-refractivity contribution in [3.8, 4) is 0 Å². The first-order valence-electron chi connectivity index (χ1n) is 5.47. The van der Waals surface area contributed by atoms with Crippen LogP contribution in [-0.4, -0.2) is 37.1 Å². The van der Waals surface area contributed by atoms with Crippen LogP contribution in [0.2, 0.25) is 0 Å². The minimum Gasteiger partial charge on any atom is -0.478 e. The van der Waals surface area contributed by atoms with Crippen LogP contribution in [0.4, 0.5) is 5.69 Å². The number of amides is 1. The molecule has 0 unspecified atom stereocenters. The Kier molecular flexibility index (Phi) is 5.07. The smallest absolute Gasteiger partial charge is 0.335 e. The molecule has 96 valence electrons. The molecule has 1 aromatic carbocycles. The lowest BCUT2D eigenvalue weighted by atomic mass is 10.2. The van der Waals surface area contributed by atoms with Crippen molar-refractivity contribution in [1.29, 1.82) is 0 Å². The van der Waals surface area contributed by atoms with Gasteiger partial charge in [0.05, 0.1) is 12.1 Å². The summed E-state index contributed by atoms with van der Waals surface area (Å²) in [6.45, 7) is 4.32. The Hall–Kier alpha value is -2.14. The maximum absolute atomic E-state index is 11.7. The third-order valence-corrected chi connectivity index (χ3v) is 2.44. The maximum atomic E-state index is 11.7. The molecule has 0 fully saturated rings. The van der Waals surface area contributed by atoms with Crippen LogP contribution in [-0.2, 0) is 4.79 Å². The second-order valence-corrected chi connectivity index (χ2v) is 3.72. The highest BCUT2D eigenvalue weighted by Gasteiger charge is 2.10. The minimum absolute atomic E-state index is 0.0973. The minimum atomic E-state index is -0.983. The Balaban J connectivity index is 2.65. The molecule has 5 nitrogen and oxygen atoms in total. The van der Waals surface area contributed by atoms with Crippen LogP contribution in [0, 0.1) is 0 Å². The zero-order valence-electron chi connectivity index (χ0n) is 10.2. The number of carboxylic acid groups (broad SMARTS) is 1. The zero-order valence-corrected chi connectivity index (χ0v) is 10.2. The van der Waals surface area contributed by atoms with Gasteiger partial charge in [-0.25, -0.2) is 4.79 Å². The van der Waals surface area contributed by atoms with Crippen molar-refractivity contribution in [3.63, 3.8) is 0 Å². The highest BCUT2D eigenvalue weighted by Crippen LogP contribution is 2.13. The van der Waals surface area contributed by atoms with Gasteiger partial charge in [0.25, 0.3) is 0 Å². The Bertz CT molecular complexity index is 440. The molecule has 0 atom stereocenters. The van der Waals surface area contributed by atoms with Gasteiger partial charge in [-0.2, -0.15) is 0 Å². The summed E-state index contributed by atoms with van der Waals surface area (Å²) in [6.07, 6.45) is 1.68. The molecule has 0 saturated heterocycles. The number of nitrogens with zero attached hydrogens (tertiary/aromatic N) is 1. The van der Waals surface area contributed by atoms with Crippen LogP contribution >= 0.6 is 0 Å². The summed E-state index contributed by atoms with van der Waals surface area (Å²) < 4.78 is 0. The van der Waals surface area contributed by atoms with Crippen LogP contribution < -0.4 is 10.2 Å². The largest absolute Gasteiger partial charge is 0.478 e. The molecule has 1 aromatic rings. The predicted octanol–water partition coefficient (Wildman–Crippen LogP) is 1.12. The van der Waals surface area contributed by atoms with E-state index in [1.807, 2.05) is 0 Å². The van der Waals surface area contributed by atoms with Crippen molar-refractivity contribution in [2.75, 3.05) is 25.0 Å². The number of nitrogens with one attached hydrogen (secondary N) is 1. The van der Waals surface area contributed by atoms with Crippen molar-refractivity contribution >= 4 is 17.6 Å². The number of anilines is 1. The molecule has 1 rings (SSSR count). The molecule has 0 heterocycles. The predicted molar refractivity (Wildman–Crippen MR) is 69.9 cm³/mol. The molecule has 0 bridgehead atoms. The Labute approximate surface area is 106 Å². The SMILES string of the molecule is C=CCNCC(=O)N(C)c1ccc(C(=O)O)cc1. The van der Waals surface area contributed by atoms with Crippen LogP contribution in [0.25, 0.3) is 0 Å². The van der Waals surface area contributed by atoms with Crippen LogP contribution in [0.15, 0.2) is 36.9 Å². The first-order valence-corrected chi connectivity index (χ1v) is 5.47. The van der Waals surface area contributed by atoms with Gasteiger partial charge in [0.15, 0.2) is 0 Å². The fraction of sp³-hybridized carbons (Fsp3) is 0.231. The van der Waals surface area contributed by atoms with Gasteiger partial charge in [0, 0.05) is 19.3 Å². The second-order valence-electron chi connectivity index (χ2n) is 3.72. The molecule has 0 aliphatic heterocycles. The summed E-state index contributed by atoms with van der Waals surface area (Å²) >= 11 is 0. The topological polar surface area (TPSA) is 69.6 Å². The van der Waals surface area contributed by atoms with Crippen molar-refractivity contribution in [1.82, 2.24) is 5.32 Å². The summed E-state index contributed by atoms with van der Waals surface area (Å²) in [6, 6.07) is 6.15. The van der Waals surface area contributed by atoms with E-state index >= 15 is 0 Å². The van der Waals surface area contributed by atoms with Gasteiger partial charge in [0.2, 0.25) is 5.91 Å². The standard InChI is InChI=1S/C13H16N2O3/c1-3-8-14-9-12(16)15(2)11-6-4-10(5-7-11)13(17)18/h3-7,14H,1,8-9H2,2H3,(H,17,18).